The van der Waals surface area contributed by atoms with Crippen LogP contribution in [0.5, 0.6) is 0 Å². The summed E-state index contributed by atoms with van der Waals surface area (Å²) in [6.07, 6.45) is 0.815. The lowest BCUT2D eigenvalue weighted by Crippen LogP contribution is -2.44. The first-order valence-electron chi connectivity index (χ1n) is 6.69. The van der Waals surface area contributed by atoms with Gasteiger partial charge in [-0.3, -0.25) is 4.79 Å². The van der Waals surface area contributed by atoms with E-state index in [-0.39, 0.29) is 11.9 Å². The van der Waals surface area contributed by atoms with E-state index < -0.39 is 0 Å². The topological polar surface area (TPSA) is 32.3 Å². The van der Waals surface area contributed by atoms with Crippen molar-refractivity contribution in [3.8, 4) is 0 Å². The summed E-state index contributed by atoms with van der Waals surface area (Å²) >= 11 is 9.51. The molecule has 0 saturated heterocycles. The van der Waals surface area contributed by atoms with E-state index in [0.29, 0.717) is 17.5 Å². The minimum absolute atomic E-state index is 0.108. The summed E-state index contributed by atoms with van der Waals surface area (Å²) in [5, 5.41) is 4.04. The fraction of sp³-hybridized carbons (Fsp3) is 0.533. The van der Waals surface area contributed by atoms with Gasteiger partial charge in [0.1, 0.15) is 0 Å². The molecular formula is C15H22BrClN2O. The number of benzene rings is 1. The van der Waals surface area contributed by atoms with E-state index in [4.69, 9.17) is 11.6 Å². The zero-order valence-corrected chi connectivity index (χ0v) is 14.8. The molecule has 112 valence electrons. The van der Waals surface area contributed by atoms with Gasteiger partial charge in [-0.2, -0.15) is 0 Å². The average molecular weight is 362 g/mol. The summed E-state index contributed by atoms with van der Waals surface area (Å²) in [6.45, 7) is 4.85. The number of nitrogens with zero attached hydrogens (tertiary/aromatic N) is 1. The minimum atomic E-state index is -0.170. The quantitative estimate of drug-likeness (QED) is 0.838. The van der Waals surface area contributed by atoms with Gasteiger partial charge in [0, 0.05) is 30.1 Å². The zero-order valence-electron chi connectivity index (χ0n) is 12.4. The van der Waals surface area contributed by atoms with Crippen molar-refractivity contribution in [1.29, 1.82) is 0 Å². The fourth-order valence-corrected chi connectivity index (χ4v) is 2.55. The van der Waals surface area contributed by atoms with Gasteiger partial charge in [0.25, 0.3) is 0 Å². The Morgan fingerprint density at radius 2 is 2.05 bits per heavy atom. The molecule has 0 aliphatic rings. The summed E-state index contributed by atoms with van der Waals surface area (Å²) in [7, 11) is 3.57. The van der Waals surface area contributed by atoms with Gasteiger partial charge in [-0.15, -0.1) is 0 Å². The zero-order chi connectivity index (χ0) is 15.3. The van der Waals surface area contributed by atoms with Crippen LogP contribution in [-0.2, 0) is 11.3 Å². The molecule has 3 nitrogen and oxygen atoms in total. The highest BCUT2D eigenvalue weighted by molar-refractivity contribution is 9.10. The van der Waals surface area contributed by atoms with Crippen molar-refractivity contribution in [1.82, 2.24) is 10.2 Å². The number of rotatable bonds is 6. The van der Waals surface area contributed by atoms with E-state index in [1.54, 1.807) is 19.0 Å². The van der Waals surface area contributed by atoms with Crippen molar-refractivity contribution in [2.45, 2.75) is 32.9 Å². The first kappa shape index (κ1) is 17.5. The molecule has 0 bridgehead atoms. The van der Waals surface area contributed by atoms with Gasteiger partial charge < -0.3 is 10.2 Å². The monoisotopic (exact) mass is 360 g/mol. The molecule has 0 radical (unpaired) electrons. The van der Waals surface area contributed by atoms with Crippen LogP contribution in [0.3, 0.4) is 0 Å². The Bertz CT molecular complexity index is 463. The number of halogens is 2. The molecule has 1 amide bonds. The molecule has 0 aromatic heterocycles. The standard InChI is InChI=1S/C15H22BrClN2O/c1-10(2)7-14(15(20)19(3)4)18-9-11-8-12(17)5-6-13(11)16/h5-6,8,10,14,18H,7,9H2,1-4H3. The molecule has 1 aromatic carbocycles. The van der Waals surface area contributed by atoms with Crippen molar-refractivity contribution in [3.05, 3.63) is 33.3 Å². The van der Waals surface area contributed by atoms with E-state index in [9.17, 15) is 4.79 Å². The van der Waals surface area contributed by atoms with Crippen LogP contribution < -0.4 is 5.32 Å². The molecule has 0 heterocycles. The number of carbonyl (C=O) groups is 1. The predicted octanol–water partition coefficient (Wildman–Crippen LogP) is 3.70. The molecule has 1 N–H and O–H groups in total. The van der Waals surface area contributed by atoms with Crippen molar-refractivity contribution >= 4 is 33.4 Å². The molecule has 20 heavy (non-hydrogen) atoms. The molecule has 0 aliphatic heterocycles. The second kappa shape index (κ2) is 8.01. The van der Waals surface area contributed by atoms with Gasteiger partial charge >= 0.3 is 0 Å². The lowest BCUT2D eigenvalue weighted by Gasteiger charge is -2.23. The van der Waals surface area contributed by atoms with Crippen LogP contribution in [0, 0.1) is 5.92 Å². The molecule has 0 aliphatic carbocycles. The molecule has 1 unspecified atom stereocenters. The minimum Gasteiger partial charge on any atom is -0.347 e. The molecule has 5 heteroatoms. The number of carbonyl (C=O) groups excluding carboxylic acids is 1. The van der Waals surface area contributed by atoms with E-state index in [0.717, 1.165) is 16.5 Å². The maximum atomic E-state index is 12.2. The van der Waals surface area contributed by atoms with Crippen LogP contribution in [0.4, 0.5) is 0 Å². The van der Waals surface area contributed by atoms with Crippen LogP contribution in [0.1, 0.15) is 25.8 Å². The van der Waals surface area contributed by atoms with Gasteiger partial charge in [0.15, 0.2) is 0 Å². The van der Waals surface area contributed by atoms with E-state index in [1.807, 2.05) is 18.2 Å². The number of likely N-dealkylation sites (N-methyl/N-ethyl adjacent to an activating group) is 1. The molecule has 1 rings (SSSR count). The summed E-state index contributed by atoms with van der Waals surface area (Å²) in [5.41, 5.74) is 1.05. The summed E-state index contributed by atoms with van der Waals surface area (Å²) < 4.78 is 0.995. The fourth-order valence-electron chi connectivity index (χ4n) is 1.97. The van der Waals surface area contributed by atoms with Gasteiger partial charge in [-0.05, 0) is 36.1 Å². The summed E-state index contributed by atoms with van der Waals surface area (Å²) in [6, 6.07) is 5.50. The maximum absolute atomic E-state index is 12.2. The molecule has 0 spiro atoms. The Hall–Kier alpha value is -0.580. The second-order valence-electron chi connectivity index (χ2n) is 5.53. The Balaban J connectivity index is 2.75. The van der Waals surface area contributed by atoms with Crippen molar-refractivity contribution < 1.29 is 4.79 Å². The van der Waals surface area contributed by atoms with Crippen molar-refractivity contribution in [2.24, 2.45) is 5.92 Å². The summed E-state index contributed by atoms with van der Waals surface area (Å²) in [4.78, 5) is 13.8. The number of nitrogens with one attached hydrogen (secondary N) is 1. The van der Waals surface area contributed by atoms with Crippen molar-refractivity contribution in [3.63, 3.8) is 0 Å². The first-order valence-corrected chi connectivity index (χ1v) is 7.86. The molecule has 0 fully saturated rings. The third-order valence-electron chi connectivity index (χ3n) is 2.99. The van der Waals surface area contributed by atoms with Crippen LogP contribution >= 0.6 is 27.5 Å². The second-order valence-corrected chi connectivity index (χ2v) is 6.82. The molecule has 1 aromatic rings. The van der Waals surface area contributed by atoms with Crippen LogP contribution in [0.2, 0.25) is 5.02 Å². The largest absolute Gasteiger partial charge is 0.347 e. The highest BCUT2D eigenvalue weighted by Crippen LogP contribution is 2.21. The normalized spacial score (nSPS) is 12.6. The van der Waals surface area contributed by atoms with E-state index >= 15 is 0 Å². The highest BCUT2D eigenvalue weighted by atomic mass is 79.9. The number of hydrogen-bond donors (Lipinski definition) is 1. The molecule has 0 saturated carbocycles. The lowest BCUT2D eigenvalue weighted by atomic mass is 10.0. The van der Waals surface area contributed by atoms with Gasteiger partial charge in [-0.25, -0.2) is 0 Å². The Morgan fingerprint density at radius 1 is 1.40 bits per heavy atom. The molecular weight excluding hydrogens is 340 g/mol. The van der Waals surface area contributed by atoms with Gasteiger partial charge in [0.05, 0.1) is 6.04 Å². The number of hydrogen-bond acceptors (Lipinski definition) is 2. The number of amides is 1. The summed E-state index contributed by atoms with van der Waals surface area (Å²) in [5.74, 6) is 0.566. The average Bonchev–Trinajstić information content (AvgIpc) is 2.36. The third-order valence-corrected chi connectivity index (χ3v) is 4.00. The van der Waals surface area contributed by atoms with Crippen LogP contribution in [0.25, 0.3) is 0 Å². The maximum Gasteiger partial charge on any atom is 0.239 e. The van der Waals surface area contributed by atoms with Gasteiger partial charge in [0.2, 0.25) is 5.91 Å². The van der Waals surface area contributed by atoms with E-state index in [2.05, 4.69) is 35.1 Å². The third kappa shape index (κ3) is 5.43. The van der Waals surface area contributed by atoms with Crippen molar-refractivity contribution in [2.75, 3.05) is 14.1 Å². The van der Waals surface area contributed by atoms with Gasteiger partial charge in [-0.1, -0.05) is 41.4 Å². The SMILES string of the molecule is CC(C)CC(NCc1cc(Cl)ccc1Br)C(=O)N(C)C. The Kier molecular flexibility index (Phi) is 7.00. The smallest absolute Gasteiger partial charge is 0.239 e. The molecule has 1 atom stereocenters. The Labute approximate surface area is 134 Å². The Morgan fingerprint density at radius 3 is 2.60 bits per heavy atom. The van der Waals surface area contributed by atoms with E-state index in [1.165, 1.54) is 0 Å². The lowest BCUT2D eigenvalue weighted by molar-refractivity contribution is -0.131. The van der Waals surface area contributed by atoms with Crippen LogP contribution in [0.15, 0.2) is 22.7 Å². The highest BCUT2D eigenvalue weighted by Gasteiger charge is 2.21. The predicted molar refractivity (Wildman–Crippen MR) is 87.9 cm³/mol. The first-order chi connectivity index (χ1) is 9.31. The van der Waals surface area contributed by atoms with Crippen LogP contribution in [-0.4, -0.2) is 30.9 Å².